The number of benzene rings is 1. The van der Waals surface area contributed by atoms with E-state index in [1.54, 1.807) is 30.7 Å². The number of anilines is 2. The van der Waals surface area contributed by atoms with E-state index in [0.717, 1.165) is 33.7 Å². The second-order valence-electron chi connectivity index (χ2n) is 6.33. The van der Waals surface area contributed by atoms with Crippen molar-refractivity contribution < 1.29 is 0 Å². The van der Waals surface area contributed by atoms with Crippen LogP contribution in [0.2, 0.25) is 5.02 Å². The number of hydrogen-bond donors (Lipinski definition) is 2. The molecule has 0 amide bonds. The van der Waals surface area contributed by atoms with Crippen molar-refractivity contribution in [2.24, 2.45) is 0 Å². The molecule has 4 aromatic rings. The lowest BCUT2D eigenvalue weighted by atomic mass is 10.1. The molecule has 6 nitrogen and oxygen atoms in total. The van der Waals surface area contributed by atoms with Crippen molar-refractivity contribution >= 4 is 34.0 Å². The molecule has 0 radical (unpaired) electrons. The fourth-order valence-electron chi connectivity index (χ4n) is 2.98. The van der Waals surface area contributed by atoms with Gasteiger partial charge < -0.3 is 10.6 Å². The van der Waals surface area contributed by atoms with E-state index in [2.05, 4.69) is 26.7 Å². The van der Waals surface area contributed by atoms with Gasteiger partial charge in [-0.05, 0) is 30.3 Å². The van der Waals surface area contributed by atoms with Crippen LogP contribution >= 0.6 is 11.6 Å². The first-order valence-electron chi connectivity index (χ1n) is 9.08. The lowest BCUT2D eigenvalue weighted by molar-refractivity contribution is 1.06. The highest BCUT2D eigenvalue weighted by atomic mass is 35.5. The third-order valence-corrected chi connectivity index (χ3v) is 4.73. The van der Waals surface area contributed by atoms with Crippen molar-refractivity contribution in [2.75, 3.05) is 23.7 Å². The van der Waals surface area contributed by atoms with Crippen molar-refractivity contribution in [3.05, 3.63) is 77.7 Å². The van der Waals surface area contributed by atoms with Gasteiger partial charge in [0.15, 0.2) is 0 Å². The maximum atomic E-state index is 8.84. The number of fused-ring (bicyclic) bond motifs is 1. The van der Waals surface area contributed by atoms with Crippen molar-refractivity contribution in [3.8, 4) is 17.3 Å². The van der Waals surface area contributed by atoms with E-state index in [1.807, 2.05) is 36.4 Å². The Hall–Kier alpha value is -3.69. The van der Waals surface area contributed by atoms with Gasteiger partial charge in [0.25, 0.3) is 0 Å². The Labute approximate surface area is 173 Å². The molecule has 0 saturated heterocycles. The highest BCUT2D eigenvalue weighted by Gasteiger charge is 2.10. The number of rotatable bonds is 6. The summed E-state index contributed by atoms with van der Waals surface area (Å²) < 4.78 is 0. The van der Waals surface area contributed by atoms with Crippen molar-refractivity contribution in [2.45, 2.75) is 0 Å². The number of hydrogen-bond acceptors (Lipinski definition) is 6. The van der Waals surface area contributed by atoms with Crippen molar-refractivity contribution in [1.29, 1.82) is 5.26 Å². The zero-order valence-corrected chi connectivity index (χ0v) is 16.2. The largest absolute Gasteiger partial charge is 0.383 e. The van der Waals surface area contributed by atoms with Crippen LogP contribution in [0.4, 0.5) is 11.5 Å². The summed E-state index contributed by atoms with van der Waals surface area (Å²) in [6, 6.07) is 17.2. The van der Waals surface area contributed by atoms with E-state index in [9.17, 15) is 0 Å². The summed E-state index contributed by atoms with van der Waals surface area (Å²) in [6.45, 7) is 1.33. The van der Waals surface area contributed by atoms with E-state index in [1.165, 1.54) is 0 Å². The van der Waals surface area contributed by atoms with Crippen LogP contribution in [0.15, 0.2) is 67.1 Å². The lowest BCUT2D eigenvalue weighted by Crippen LogP contribution is -2.14. The van der Waals surface area contributed by atoms with Crippen LogP contribution in [-0.2, 0) is 0 Å². The molecule has 3 aromatic heterocycles. The first kappa shape index (κ1) is 18.7. The van der Waals surface area contributed by atoms with Gasteiger partial charge in [0, 0.05) is 47.1 Å². The maximum absolute atomic E-state index is 8.84. The molecule has 0 unspecified atom stereocenters. The van der Waals surface area contributed by atoms with Gasteiger partial charge in [-0.1, -0.05) is 29.8 Å². The standard InChI is InChI=1S/C22H17ClN6/c23-18-4-2-1-3-16(18)20-11-19(17-7-8-25-14-21(17)29-20)26-9-10-27-22-6-5-15(12-24)13-28-22/h1-8,11,13-14H,9-10H2,(H,26,29)(H,27,28). The van der Waals surface area contributed by atoms with Gasteiger partial charge in [-0.3, -0.25) is 4.98 Å². The molecule has 0 bridgehead atoms. The highest BCUT2D eigenvalue weighted by Crippen LogP contribution is 2.31. The summed E-state index contributed by atoms with van der Waals surface area (Å²) in [5, 5.41) is 17.2. The summed E-state index contributed by atoms with van der Waals surface area (Å²) in [6.07, 6.45) is 5.05. The molecule has 0 aliphatic rings. The van der Waals surface area contributed by atoms with E-state index in [-0.39, 0.29) is 0 Å². The molecule has 0 fully saturated rings. The minimum absolute atomic E-state index is 0.539. The fraction of sp³-hybridized carbons (Fsp3) is 0.0909. The number of halogens is 1. The van der Waals surface area contributed by atoms with Crippen LogP contribution in [0.5, 0.6) is 0 Å². The van der Waals surface area contributed by atoms with Gasteiger partial charge in [-0.2, -0.15) is 5.26 Å². The summed E-state index contributed by atoms with van der Waals surface area (Å²) in [7, 11) is 0. The Morgan fingerprint density at radius 2 is 1.86 bits per heavy atom. The van der Waals surface area contributed by atoms with Gasteiger partial charge in [-0.15, -0.1) is 0 Å². The minimum atomic E-state index is 0.539. The van der Waals surface area contributed by atoms with Crippen molar-refractivity contribution in [1.82, 2.24) is 15.0 Å². The first-order valence-corrected chi connectivity index (χ1v) is 9.46. The molecule has 4 rings (SSSR count). The molecule has 29 heavy (non-hydrogen) atoms. The molecule has 142 valence electrons. The molecule has 0 saturated carbocycles. The second kappa shape index (κ2) is 8.55. The van der Waals surface area contributed by atoms with Gasteiger partial charge in [-0.25, -0.2) is 9.97 Å². The number of pyridine rings is 3. The summed E-state index contributed by atoms with van der Waals surface area (Å²) in [4.78, 5) is 13.1. The predicted octanol–water partition coefficient (Wildman–Crippen LogP) is 4.74. The number of nitrogens with zero attached hydrogens (tertiary/aromatic N) is 4. The van der Waals surface area contributed by atoms with Gasteiger partial charge >= 0.3 is 0 Å². The van der Waals surface area contributed by atoms with Crippen LogP contribution in [0.1, 0.15) is 5.56 Å². The Kier molecular flexibility index (Phi) is 5.50. The quantitative estimate of drug-likeness (QED) is 0.454. The van der Waals surface area contributed by atoms with Gasteiger partial charge in [0.05, 0.1) is 23.0 Å². The van der Waals surface area contributed by atoms with E-state index < -0.39 is 0 Å². The van der Waals surface area contributed by atoms with Crippen LogP contribution in [0.25, 0.3) is 22.2 Å². The van der Waals surface area contributed by atoms with Crippen LogP contribution < -0.4 is 10.6 Å². The Balaban J connectivity index is 1.53. The summed E-state index contributed by atoms with van der Waals surface area (Å²) in [5.74, 6) is 0.728. The monoisotopic (exact) mass is 400 g/mol. The first-order chi connectivity index (χ1) is 14.2. The van der Waals surface area contributed by atoms with Gasteiger partial charge in [0.1, 0.15) is 11.9 Å². The van der Waals surface area contributed by atoms with E-state index >= 15 is 0 Å². The zero-order valence-electron chi connectivity index (χ0n) is 15.4. The van der Waals surface area contributed by atoms with Crippen molar-refractivity contribution in [3.63, 3.8) is 0 Å². The third-order valence-electron chi connectivity index (χ3n) is 4.40. The average Bonchev–Trinajstić information content (AvgIpc) is 2.77. The third kappa shape index (κ3) is 4.26. The lowest BCUT2D eigenvalue weighted by Gasteiger charge is -2.13. The van der Waals surface area contributed by atoms with Crippen LogP contribution in [0.3, 0.4) is 0 Å². The molecule has 2 N–H and O–H groups in total. The molecule has 0 aliphatic heterocycles. The van der Waals surface area contributed by atoms with E-state index in [4.69, 9.17) is 21.8 Å². The molecule has 0 atom stereocenters. The number of nitriles is 1. The molecular formula is C22H17ClN6. The maximum Gasteiger partial charge on any atom is 0.126 e. The van der Waals surface area contributed by atoms with Crippen LogP contribution in [0, 0.1) is 11.3 Å². The second-order valence-corrected chi connectivity index (χ2v) is 6.73. The smallest absolute Gasteiger partial charge is 0.126 e. The van der Waals surface area contributed by atoms with E-state index in [0.29, 0.717) is 23.7 Å². The Morgan fingerprint density at radius 1 is 1.00 bits per heavy atom. The zero-order chi connectivity index (χ0) is 20.1. The SMILES string of the molecule is N#Cc1ccc(NCCNc2cc(-c3ccccc3Cl)nc3cnccc23)nc1. The molecule has 3 heterocycles. The van der Waals surface area contributed by atoms with Gasteiger partial charge in [0.2, 0.25) is 0 Å². The molecule has 7 heteroatoms. The molecular weight excluding hydrogens is 384 g/mol. The average molecular weight is 401 g/mol. The summed E-state index contributed by atoms with van der Waals surface area (Å²) >= 11 is 6.37. The minimum Gasteiger partial charge on any atom is -0.383 e. The Bertz CT molecular complexity index is 1180. The Morgan fingerprint density at radius 3 is 2.66 bits per heavy atom. The predicted molar refractivity (Wildman–Crippen MR) is 116 cm³/mol. The molecule has 1 aromatic carbocycles. The molecule has 0 spiro atoms. The topological polar surface area (TPSA) is 86.5 Å². The summed E-state index contributed by atoms with van der Waals surface area (Å²) in [5.41, 5.74) is 3.97. The normalized spacial score (nSPS) is 10.5. The number of nitrogens with one attached hydrogen (secondary N) is 2. The molecule has 0 aliphatic carbocycles. The number of aromatic nitrogens is 3. The fourth-order valence-corrected chi connectivity index (χ4v) is 3.22. The highest BCUT2D eigenvalue weighted by molar-refractivity contribution is 6.33. The van der Waals surface area contributed by atoms with Crippen LogP contribution in [-0.4, -0.2) is 28.0 Å².